The van der Waals surface area contributed by atoms with Crippen molar-refractivity contribution in [3.05, 3.63) is 64.8 Å². The quantitative estimate of drug-likeness (QED) is 0.623. The number of carbonyl (C=O) groups is 1. The topological polar surface area (TPSA) is 61.0 Å². The number of halogens is 1. The van der Waals surface area contributed by atoms with Crippen LogP contribution >= 0.6 is 11.6 Å². The monoisotopic (exact) mass is 410 g/mol. The van der Waals surface area contributed by atoms with Crippen molar-refractivity contribution in [3.8, 4) is 0 Å². The van der Waals surface area contributed by atoms with Crippen LogP contribution in [-0.2, 0) is 16.6 Å². The minimum absolute atomic E-state index is 0.0404. The lowest BCUT2D eigenvalue weighted by Gasteiger charge is -2.25. The fraction of sp³-hybridized carbons (Fsp3) is 0.391. The van der Waals surface area contributed by atoms with Crippen molar-refractivity contribution >= 4 is 28.4 Å². The van der Waals surface area contributed by atoms with Gasteiger partial charge in [0.25, 0.3) is 0 Å². The van der Waals surface area contributed by atoms with Gasteiger partial charge in [0.15, 0.2) is 0 Å². The largest absolute Gasteiger partial charge is 0.354 e. The second-order valence-electron chi connectivity index (χ2n) is 8.51. The number of aromatic nitrogens is 2. The Morgan fingerprint density at radius 2 is 2.10 bits per heavy atom. The van der Waals surface area contributed by atoms with Gasteiger partial charge >= 0.3 is 0 Å². The Morgan fingerprint density at radius 1 is 1.34 bits per heavy atom. The normalized spacial score (nSPS) is 22.0. The van der Waals surface area contributed by atoms with E-state index in [1.54, 1.807) is 6.20 Å². The van der Waals surface area contributed by atoms with Crippen LogP contribution < -0.4 is 5.32 Å². The Labute approximate surface area is 176 Å². The molecule has 4 rings (SSSR count). The van der Waals surface area contributed by atoms with E-state index in [0.717, 1.165) is 34.3 Å². The molecule has 1 aliphatic carbocycles. The maximum Gasteiger partial charge on any atom is 0.224 e. The van der Waals surface area contributed by atoms with Gasteiger partial charge in [-0.25, -0.2) is 0 Å². The molecular formula is C23H27ClN4O. The lowest BCUT2D eigenvalue weighted by Crippen LogP contribution is -2.42. The van der Waals surface area contributed by atoms with Crippen LogP contribution in [0.4, 0.5) is 0 Å². The van der Waals surface area contributed by atoms with Gasteiger partial charge in [0, 0.05) is 34.3 Å². The Morgan fingerprint density at radius 3 is 2.83 bits per heavy atom. The van der Waals surface area contributed by atoms with E-state index in [1.807, 2.05) is 38.4 Å². The molecule has 1 heterocycles. The number of rotatable bonds is 7. The Kier molecular flexibility index (Phi) is 5.36. The molecule has 3 aromatic rings. The van der Waals surface area contributed by atoms with Gasteiger partial charge in [0.05, 0.1) is 11.7 Å². The van der Waals surface area contributed by atoms with Crippen LogP contribution in [0, 0.1) is 5.92 Å². The molecule has 0 aliphatic heterocycles. The number of benzene rings is 2. The average molecular weight is 411 g/mol. The Hall–Kier alpha value is -2.37. The van der Waals surface area contributed by atoms with Gasteiger partial charge < -0.3 is 10.2 Å². The molecule has 1 aromatic heterocycles. The SMILES string of the molecule is CN(C)C(CNC(=O)[C@@H]1C[C@@]1(C)c1ccccc1)Cc1cc2cn[nH]c2cc1Cl. The number of nitrogens with zero attached hydrogens (tertiary/aromatic N) is 2. The summed E-state index contributed by atoms with van der Waals surface area (Å²) in [5.41, 5.74) is 3.19. The molecule has 152 valence electrons. The number of fused-ring (bicyclic) bond motifs is 1. The average Bonchev–Trinajstić information content (AvgIpc) is 3.21. The molecule has 3 atom stereocenters. The molecule has 0 bridgehead atoms. The van der Waals surface area contributed by atoms with E-state index in [-0.39, 0.29) is 23.3 Å². The fourth-order valence-electron chi connectivity index (χ4n) is 4.09. The zero-order valence-electron chi connectivity index (χ0n) is 17.1. The number of hydrogen-bond donors (Lipinski definition) is 2. The van der Waals surface area contributed by atoms with E-state index in [2.05, 4.69) is 45.5 Å². The number of hydrogen-bond acceptors (Lipinski definition) is 3. The summed E-state index contributed by atoms with van der Waals surface area (Å²) in [7, 11) is 4.07. The van der Waals surface area contributed by atoms with E-state index in [0.29, 0.717) is 6.54 Å². The van der Waals surface area contributed by atoms with Crippen molar-refractivity contribution in [1.82, 2.24) is 20.4 Å². The number of aromatic amines is 1. The maximum atomic E-state index is 12.8. The van der Waals surface area contributed by atoms with Gasteiger partial charge in [-0.15, -0.1) is 0 Å². The maximum absolute atomic E-state index is 12.8. The molecule has 2 aromatic carbocycles. The fourth-order valence-corrected chi connectivity index (χ4v) is 4.33. The van der Waals surface area contributed by atoms with E-state index < -0.39 is 0 Å². The second kappa shape index (κ2) is 7.81. The van der Waals surface area contributed by atoms with E-state index in [9.17, 15) is 4.79 Å². The van der Waals surface area contributed by atoms with Crippen LogP contribution in [0.2, 0.25) is 5.02 Å². The van der Waals surface area contributed by atoms with Crippen LogP contribution in [-0.4, -0.2) is 47.7 Å². The van der Waals surface area contributed by atoms with Crippen molar-refractivity contribution in [2.45, 2.75) is 31.2 Å². The summed E-state index contributed by atoms with van der Waals surface area (Å²) in [5.74, 6) is 0.179. The van der Waals surface area contributed by atoms with Gasteiger partial charge in [-0.2, -0.15) is 5.10 Å². The molecule has 2 N–H and O–H groups in total. The van der Waals surface area contributed by atoms with Gasteiger partial charge in [-0.3, -0.25) is 9.89 Å². The first kappa shape index (κ1) is 19.9. The predicted molar refractivity (Wildman–Crippen MR) is 117 cm³/mol. The third-order valence-electron chi connectivity index (χ3n) is 6.29. The smallest absolute Gasteiger partial charge is 0.224 e. The van der Waals surface area contributed by atoms with E-state index in [4.69, 9.17) is 11.6 Å². The standard InChI is InChI=1S/C23H27ClN4O/c1-23(17-7-5-4-6-8-17)12-19(23)22(29)25-14-18(28(2)3)10-15-9-16-13-26-27-21(16)11-20(15)24/h4-9,11,13,18-19H,10,12,14H2,1-3H3,(H,25,29)(H,26,27)/t18?,19-,23-/m0/s1. The van der Waals surface area contributed by atoms with Crippen molar-refractivity contribution in [1.29, 1.82) is 0 Å². The highest BCUT2D eigenvalue weighted by Crippen LogP contribution is 2.53. The van der Waals surface area contributed by atoms with Crippen molar-refractivity contribution in [2.24, 2.45) is 5.92 Å². The van der Waals surface area contributed by atoms with Gasteiger partial charge in [0.2, 0.25) is 5.91 Å². The summed E-state index contributed by atoms with van der Waals surface area (Å²) in [6.07, 6.45) is 3.46. The zero-order chi connectivity index (χ0) is 20.6. The van der Waals surface area contributed by atoms with Crippen LogP contribution in [0.15, 0.2) is 48.7 Å². The number of H-pyrrole nitrogens is 1. The molecule has 1 aliphatic rings. The molecule has 0 radical (unpaired) electrons. The van der Waals surface area contributed by atoms with Crippen LogP contribution in [0.3, 0.4) is 0 Å². The first-order chi connectivity index (χ1) is 13.9. The minimum atomic E-state index is -0.0470. The Balaban J connectivity index is 1.40. The number of carbonyl (C=O) groups excluding carboxylic acids is 1. The highest BCUT2D eigenvalue weighted by atomic mass is 35.5. The molecule has 1 saturated carbocycles. The molecule has 6 heteroatoms. The third-order valence-corrected chi connectivity index (χ3v) is 6.64. The molecular weight excluding hydrogens is 384 g/mol. The minimum Gasteiger partial charge on any atom is -0.354 e. The van der Waals surface area contributed by atoms with Gasteiger partial charge in [-0.05, 0) is 50.2 Å². The Bertz CT molecular complexity index is 1020. The molecule has 1 amide bonds. The van der Waals surface area contributed by atoms with Crippen molar-refractivity contribution < 1.29 is 4.79 Å². The highest BCUT2D eigenvalue weighted by Gasteiger charge is 2.55. The molecule has 1 fully saturated rings. The number of nitrogens with one attached hydrogen (secondary N) is 2. The van der Waals surface area contributed by atoms with Crippen molar-refractivity contribution in [3.63, 3.8) is 0 Å². The first-order valence-electron chi connectivity index (χ1n) is 9.99. The number of likely N-dealkylation sites (N-methyl/N-ethyl adjacent to an activating group) is 1. The van der Waals surface area contributed by atoms with Crippen molar-refractivity contribution in [2.75, 3.05) is 20.6 Å². The lowest BCUT2D eigenvalue weighted by molar-refractivity contribution is -0.122. The third kappa shape index (κ3) is 4.02. The summed E-state index contributed by atoms with van der Waals surface area (Å²) in [4.78, 5) is 15.0. The predicted octanol–water partition coefficient (Wildman–Crippen LogP) is 3.78. The highest BCUT2D eigenvalue weighted by molar-refractivity contribution is 6.32. The zero-order valence-corrected chi connectivity index (χ0v) is 17.8. The second-order valence-corrected chi connectivity index (χ2v) is 8.91. The van der Waals surface area contributed by atoms with Crippen LogP contribution in [0.1, 0.15) is 24.5 Å². The van der Waals surface area contributed by atoms with Crippen LogP contribution in [0.5, 0.6) is 0 Å². The summed E-state index contributed by atoms with van der Waals surface area (Å²) in [5, 5.41) is 12.0. The summed E-state index contributed by atoms with van der Waals surface area (Å²) in [6, 6.07) is 14.5. The molecule has 0 spiro atoms. The van der Waals surface area contributed by atoms with E-state index in [1.165, 1.54) is 5.56 Å². The summed E-state index contributed by atoms with van der Waals surface area (Å²) >= 11 is 6.48. The first-order valence-corrected chi connectivity index (χ1v) is 10.4. The lowest BCUT2D eigenvalue weighted by atomic mass is 9.95. The molecule has 29 heavy (non-hydrogen) atoms. The molecule has 5 nitrogen and oxygen atoms in total. The summed E-state index contributed by atoms with van der Waals surface area (Å²) in [6.45, 7) is 2.77. The van der Waals surface area contributed by atoms with Gasteiger partial charge in [0.1, 0.15) is 0 Å². The molecule has 1 unspecified atom stereocenters. The number of amides is 1. The molecule has 0 saturated heterocycles. The van der Waals surface area contributed by atoms with E-state index >= 15 is 0 Å². The van der Waals surface area contributed by atoms with Gasteiger partial charge in [-0.1, -0.05) is 48.9 Å². The van der Waals surface area contributed by atoms with Crippen LogP contribution in [0.25, 0.3) is 10.9 Å². The summed E-state index contributed by atoms with van der Waals surface area (Å²) < 4.78 is 0.